The monoisotopic (exact) mass is 334 g/mol. The van der Waals surface area contributed by atoms with Crippen LogP contribution >= 0.6 is 15.9 Å². The van der Waals surface area contributed by atoms with Gasteiger partial charge in [0.05, 0.1) is 12.5 Å². The first-order valence-electron chi connectivity index (χ1n) is 5.99. The highest BCUT2D eigenvalue weighted by Gasteiger charge is 2.12. The van der Waals surface area contributed by atoms with Crippen molar-refractivity contribution >= 4 is 33.0 Å². The molecule has 0 fully saturated rings. The topological polar surface area (TPSA) is 88.6 Å². The molecule has 0 saturated heterocycles. The van der Waals surface area contributed by atoms with Gasteiger partial charge in [-0.15, -0.1) is 0 Å². The van der Waals surface area contributed by atoms with Crippen molar-refractivity contribution in [2.24, 2.45) is 0 Å². The van der Waals surface area contributed by atoms with Gasteiger partial charge in [0.25, 0.3) is 5.88 Å². The van der Waals surface area contributed by atoms with Crippen LogP contribution in [0.1, 0.15) is 6.92 Å². The summed E-state index contributed by atoms with van der Waals surface area (Å²) in [5, 5.41) is 3.05. The van der Waals surface area contributed by atoms with Crippen LogP contribution in [-0.4, -0.2) is 31.5 Å². The zero-order chi connectivity index (χ0) is 13.9. The van der Waals surface area contributed by atoms with E-state index in [1.807, 2.05) is 13.0 Å². The lowest BCUT2D eigenvalue weighted by atomic mass is 10.4. The quantitative estimate of drug-likeness (QED) is 0.762. The maximum absolute atomic E-state index is 5.76. The van der Waals surface area contributed by atoms with E-state index < -0.39 is 0 Å². The minimum atomic E-state index is 0.406. The molecule has 7 nitrogen and oxygen atoms in total. The number of nitrogens with one attached hydrogen (secondary N) is 2. The lowest BCUT2D eigenvalue weighted by molar-refractivity contribution is 0.465. The number of rotatable bonds is 4. The predicted molar refractivity (Wildman–Crippen MR) is 77.9 cm³/mol. The van der Waals surface area contributed by atoms with Gasteiger partial charge in [0.2, 0.25) is 5.95 Å². The molecule has 0 unspecified atom stereocenters. The van der Waals surface area contributed by atoms with E-state index in [4.69, 9.17) is 4.74 Å². The van der Waals surface area contributed by atoms with E-state index in [9.17, 15) is 0 Å². The first kappa shape index (κ1) is 12.8. The number of pyridine rings is 1. The first-order chi connectivity index (χ1) is 9.76. The van der Waals surface area contributed by atoms with Gasteiger partial charge >= 0.3 is 0 Å². The van der Waals surface area contributed by atoms with Gasteiger partial charge in [-0.25, -0.2) is 4.98 Å². The molecule has 0 aromatic carbocycles. The third-order valence-corrected chi connectivity index (χ3v) is 2.92. The Kier molecular flexibility index (Phi) is 3.46. The summed E-state index contributed by atoms with van der Waals surface area (Å²) >= 11 is 3.35. The van der Waals surface area contributed by atoms with Crippen molar-refractivity contribution in [3.05, 3.63) is 29.3 Å². The molecule has 0 spiro atoms. The summed E-state index contributed by atoms with van der Waals surface area (Å²) < 4.78 is 6.59. The Hall–Kier alpha value is -2.22. The molecule has 0 atom stereocenters. The molecule has 3 heterocycles. The summed E-state index contributed by atoms with van der Waals surface area (Å²) in [6, 6.07) is 1.81. The SMILES string of the molecule is CCNc1nc(Oc2cncc(Br)c2)c2[nH]cnc2n1. The number of ether oxygens (including phenoxy) is 1. The number of aromatic nitrogens is 5. The van der Waals surface area contributed by atoms with Crippen LogP contribution in [0.3, 0.4) is 0 Å². The average Bonchev–Trinajstić information content (AvgIpc) is 2.87. The molecule has 0 aliphatic rings. The van der Waals surface area contributed by atoms with Crippen LogP contribution in [0.2, 0.25) is 0 Å². The largest absolute Gasteiger partial charge is 0.435 e. The highest BCUT2D eigenvalue weighted by Crippen LogP contribution is 2.27. The van der Waals surface area contributed by atoms with E-state index in [0.29, 0.717) is 35.3 Å². The molecule has 0 radical (unpaired) electrons. The second kappa shape index (κ2) is 5.41. The predicted octanol–water partition coefficient (Wildman–Crippen LogP) is 2.73. The van der Waals surface area contributed by atoms with Crippen LogP contribution in [0.4, 0.5) is 5.95 Å². The molecule has 3 rings (SSSR count). The van der Waals surface area contributed by atoms with Gasteiger partial charge in [-0.2, -0.15) is 9.97 Å². The minimum absolute atomic E-state index is 0.406. The van der Waals surface area contributed by atoms with Crippen molar-refractivity contribution in [1.29, 1.82) is 0 Å². The third kappa shape index (κ3) is 2.55. The van der Waals surface area contributed by atoms with E-state index >= 15 is 0 Å². The summed E-state index contributed by atoms with van der Waals surface area (Å²) in [7, 11) is 0. The van der Waals surface area contributed by atoms with Crippen molar-refractivity contribution in [1.82, 2.24) is 24.9 Å². The van der Waals surface area contributed by atoms with E-state index in [-0.39, 0.29) is 0 Å². The lowest BCUT2D eigenvalue weighted by Crippen LogP contribution is -2.03. The minimum Gasteiger partial charge on any atom is -0.435 e. The van der Waals surface area contributed by atoms with Crippen LogP contribution < -0.4 is 10.1 Å². The Bertz CT molecular complexity index is 744. The van der Waals surface area contributed by atoms with Crippen LogP contribution in [0.15, 0.2) is 29.3 Å². The van der Waals surface area contributed by atoms with Crippen LogP contribution in [0.5, 0.6) is 11.6 Å². The van der Waals surface area contributed by atoms with E-state index in [2.05, 4.69) is 46.2 Å². The standard InChI is InChI=1S/C12H11BrN6O/c1-2-15-12-18-10-9(16-6-17-10)11(19-12)20-8-3-7(13)4-14-5-8/h3-6H,2H2,1H3,(H2,15,16,17,18,19). The van der Waals surface area contributed by atoms with E-state index in [0.717, 1.165) is 4.47 Å². The number of fused-ring (bicyclic) bond motifs is 1. The van der Waals surface area contributed by atoms with Crippen molar-refractivity contribution in [3.8, 4) is 11.6 Å². The zero-order valence-corrected chi connectivity index (χ0v) is 12.2. The van der Waals surface area contributed by atoms with Crippen molar-refractivity contribution in [3.63, 3.8) is 0 Å². The van der Waals surface area contributed by atoms with Gasteiger partial charge in [-0.3, -0.25) is 4.98 Å². The Morgan fingerprint density at radius 2 is 2.25 bits per heavy atom. The fraction of sp³-hybridized carbons (Fsp3) is 0.167. The fourth-order valence-electron chi connectivity index (χ4n) is 1.68. The second-order valence-corrected chi connectivity index (χ2v) is 4.84. The maximum Gasteiger partial charge on any atom is 0.250 e. The maximum atomic E-state index is 5.76. The third-order valence-electron chi connectivity index (χ3n) is 2.48. The first-order valence-corrected chi connectivity index (χ1v) is 6.79. The van der Waals surface area contributed by atoms with Gasteiger partial charge in [-0.1, -0.05) is 0 Å². The highest BCUT2D eigenvalue weighted by molar-refractivity contribution is 9.10. The molecule has 2 N–H and O–H groups in total. The number of hydrogen-bond acceptors (Lipinski definition) is 6. The van der Waals surface area contributed by atoms with Gasteiger partial charge in [-0.05, 0) is 28.9 Å². The normalized spacial score (nSPS) is 10.7. The fourth-order valence-corrected chi connectivity index (χ4v) is 2.02. The Morgan fingerprint density at radius 1 is 1.35 bits per heavy atom. The van der Waals surface area contributed by atoms with E-state index in [1.165, 1.54) is 0 Å². The van der Waals surface area contributed by atoms with Gasteiger partial charge in [0, 0.05) is 17.2 Å². The smallest absolute Gasteiger partial charge is 0.250 e. The molecule has 0 saturated carbocycles. The van der Waals surface area contributed by atoms with Gasteiger partial charge < -0.3 is 15.0 Å². The van der Waals surface area contributed by atoms with Crippen LogP contribution in [0.25, 0.3) is 11.2 Å². The van der Waals surface area contributed by atoms with Crippen LogP contribution in [0, 0.1) is 0 Å². The second-order valence-electron chi connectivity index (χ2n) is 3.92. The number of anilines is 1. The molecule has 0 bridgehead atoms. The van der Waals surface area contributed by atoms with Gasteiger partial charge in [0.1, 0.15) is 11.3 Å². The summed E-state index contributed by atoms with van der Waals surface area (Å²) in [4.78, 5) is 19.8. The number of H-pyrrole nitrogens is 1. The average molecular weight is 335 g/mol. The molecular formula is C12H11BrN6O. The zero-order valence-electron chi connectivity index (χ0n) is 10.6. The highest BCUT2D eigenvalue weighted by atomic mass is 79.9. The number of imidazole rings is 1. The summed E-state index contributed by atoms with van der Waals surface area (Å²) in [5.41, 5.74) is 1.19. The molecule has 8 heteroatoms. The van der Waals surface area contributed by atoms with E-state index in [1.54, 1.807) is 18.7 Å². The van der Waals surface area contributed by atoms with Gasteiger partial charge in [0.15, 0.2) is 5.65 Å². The molecule has 0 aliphatic heterocycles. The lowest BCUT2D eigenvalue weighted by Gasteiger charge is -2.07. The number of hydrogen-bond donors (Lipinski definition) is 2. The molecule has 3 aromatic rings. The molecule has 102 valence electrons. The number of halogens is 1. The Balaban J connectivity index is 2.02. The molecule has 0 aliphatic carbocycles. The molecule has 0 amide bonds. The van der Waals surface area contributed by atoms with Crippen molar-refractivity contribution in [2.75, 3.05) is 11.9 Å². The summed E-state index contributed by atoms with van der Waals surface area (Å²) in [5.74, 6) is 1.46. The number of aromatic amines is 1. The molecule has 20 heavy (non-hydrogen) atoms. The van der Waals surface area contributed by atoms with Crippen molar-refractivity contribution in [2.45, 2.75) is 6.92 Å². The molecule has 3 aromatic heterocycles. The Labute approximate surface area is 123 Å². The summed E-state index contributed by atoms with van der Waals surface area (Å²) in [6.45, 7) is 2.69. The van der Waals surface area contributed by atoms with Crippen molar-refractivity contribution < 1.29 is 4.74 Å². The number of nitrogens with zero attached hydrogens (tertiary/aromatic N) is 4. The summed E-state index contributed by atoms with van der Waals surface area (Å²) in [6.07, 6.45) is 4.85. The Morgan fingerprint density at radius 3 is 3.05 bits per heavy atom. The molecular weight excluding hydrogens is 324 g/mol. The van der Waals surface area contributed by atoms with Crippen LogP contribution in [-0.2, 0) is 0 Å².